The van der Waals surface area contributed by atoms with Crippen LogP contribution in [-0.2, 0) is 92.3 Å². The lowest BCUT2D eigenvalue weighted by molar-refractivity contribution is -0.121. The third-order valence-corrected chi connectivity index (χ3v) is 19.3. The topological polar surface area (TPSA) is 477 Å². The summed E-state index contributed by atoms with van der Waals surface area (Å²) in [6.45, 7) is 12.4. The van der Waals surface area contributed by atoms with Gasteiger partial charge in [-0.1, -0.05) is 23.7 Å². The molecule has 1 aliphatic heterocycles. The highest BCUT2D eigenvalue weighted by Gasteiger charge is 2.33. The number of aryl methyl sites for hydroxylation is 7. The quantitative estimate of drug-likeness (QED) is 0.0244. The smallest absolute Gasteiger partial charge is 0.292 e. The Morgan fingerprint density at radius 3 is 1.49 bits per heavy atom. The van der Waals surface area contributed by atoms with Crippen LogP contribution in [0.15, 0.2) is 91.0 Å². The third-order valence-electron chi connectivity index (χ3n) is 17.8. The number of amides is 9. The van der Waals surface area contributed by atoms with E-state index in [0.717, 1.165) is 32.3 Å². The zero-order valence-electron chi connectivity index (χ0n) is 67.7. The van der Waals surface area contributed by atoms with Gasteiger partial charge >= 0.3 is 0 Å². The van der Waals surface area contributed by atoms with E-state index in [4.69, 9.17) is 59.2 Å². The van der Waals surface area contributed by atoms with Gasteiger partial charge in [0.05, 0.1) is 142 Å². The average molecular weight is 1700 g/mol. The van der Waals surface area contributed by atoms with Crippen LogP contribution in [0.25, 0.3) is 5.00 Å². The zero-order chi connectivity index (χ0) is 85.5. The van der Waals surface area contributed by atoms with Gasteiger partial charge < -0.3 is 113 Å². The van der Waals surface area contributed by atoms with Crippen LogP contribution >= 0.6 is 22.9 Å². The van der Waals surface area contributed by atoms with Crippen LogP contribution in [0.1, 0.15) is 118 Å². The van der Waals surface area contributed by atoms with Gasteiger partial charge in [0.25, 0.3) is 29.5 Å². The molecule has 0 saturated carbocycles. The van der Waals surface area contributed by atoms with Crippen LogP contribution in [0.2, 0.25) is 5.02 Å². The largest absolute Gasteiger partial charge is 0.489 e. The lowest BCUT2D eigenvalue weighted by atomic mass is 9.99. The Balaban J connectivity index is 0.469. The van der Waals surface area contributed by atoms with Gasteiger partial charge in [0.2, 0.25) is 41.1 Å². The molecule has 1 aliphatic rings. The standard InChI is InChI=1S/C77H98ClN23O18S/c1-48-49(2)120-77-65(48)66(51-9-11-52(78)12-10-51)87-56(67-95-94-50(3)101(67)77)41-64(105)85-53-39-55(43-79-42-53)119-38-37-118-36-35-117-34-33-116-32-31-115-30-29-114-28-27-113-26-25-112-24-23-111-22-20-80-61(102)13-16-83-73(107)69-90-58(45-98(69)6)88-62(103)14-17-82-72(106)57-40-54(44-97(57)5)86-76(110)71-91-59(46-100(71)8)89-63(104)15-18-84-74(108)70-92-60(47-99(70)7)93-75(109)68-81-19-21-96(68)4/h9-12,19,21,39-40,42-47,56H,13-18,20,22-38,41H2,1-8H3,(H,80,102)(H,82,106)(H,83,107)(H,84,108)(H,85,105)(H,86,110)(H,88,103)(H,89,104)(H,93,109)/t56-/m0/s1. The highest BCUT2D eigenvalue weighted by molar-refractivity contribution is 7.15. The Hall–Kier alpha value is -12.0. The molecule has 9 aromatic rings. The first-order chi connectivity index (χ1) is 58.0. The summed E-state index contributed by atoms with van der Waals surface area (Å²) in [5.41, 5.74) is 4.62. The number of imidazole rings is 4. The number of thiophene rings is 1. The molecule has 0 spiro atoms. The normalized spacial score (nSPS) is 12.2. The van der Waals surface area contributed by atoms with Gasteiger partial charge in [-0.25, -0.2) is 19.9 Å². The fourth-order valence-electron chi connectivity index (χ4n) is 11.8. The molecule has 9 N–H and O–H groups in total. The van der Waals surface area contributed by atoms with Crippen molar-refractivity contribution in [3.63, 3.8) is 0 Å². The van der Waals surface area contributed by atoms with Crippen molar-refractivity contribution < 1.29 is 85.8 Å². The number of aromatic nitrogens is 13. The summed E-state index contributed by atoms with van der Waals surface area (Å²) in [5, 5.41) is 34.5. The maximum absolute atomic E-state index is 13.6. The van der Waals surface area contributed by atoms with Crippen molar-refractivity contribution in [3.8, 4) is 10.8 Å². The zero-order valence-corrected chi connectivity index (χ0v) is 69.3. The lowest BCUT2D eigenvalue weighted by Crippen LogP contribution is -2.33. The number of carbonyl (C=O) groups is 9. The number of fused-ring (bicyclic) bond motifs is 3. The summed E-state index contributed by atoms with van der Waals surface area (Å²) in [4.78, 5) is 144. The highest BCUT2D eigenvalue weighted by Crippen LogP contribution is 2.40. The van der Waals surface area contributed by atoms with Crippen molar-refractivity contribution in [3.05, 3.63) is 153 Å². The number of anilines is 5. The minimum atomic E-state index is -0.648. The van der Waals surface area contributed by atoms with Crippen LogP contribution in [-0.4, -0.2) is 260 Å². The first-order valence-corrected chi connectivity index (χ1v) is 39.6. The van der Waals surface area contributed by atoms with E-state index in [9.17, 15) is 43.2 Å². The molecule has 1 atom stereocenters. The predicted molar refractivity (Wildman–Crippen MR) is 438 cm³/mol. The molecule has 43 heteroatoms. The van der Waals surface area contributed by atoms with Gasteiger partial charge in [0.1, 0.15) is 34.9 Å². The summed E-state index contributed by atoms with van der Waals surface area (Å²) in [6.07, 6.45) is 11.7. The molecule has 642 valence electrons. The lowest BCUT2D eigenvalue weighted by Gasteiger charge is -2.13. The van der Waals surface area contributed by atoms with E-state index < -0.39 is 47.4 Å². The number of rotatable bonds is 50. The number of aliphatic imine (C=N–C) groups is 1. The first-order valence-electron chi connectivity index (χ1n) is 38.4. The van der Waals surface area contributed by atoms with Gasteiger partial charge in [-0.3, -0.25) is 57.7 Å². The fraction of sp³-hybridized carbons (Fsp3) is 0.442. The number of carbonyl (C=O) groups excluding carboxylic acids is 9. The van der Waals surface area contributed by atoms with Gasteiger partial charge in [0, 0.05) is 145 Å². The Kier molecular flexibility index (Phi) is 34.5. The van der Waals surface area contributed by atoms with Crippen molar-refractivity contribution in [2.24, 2.45) is 40.2 Å². The monoisotopic (exact) mass is 1700 g/mol. The average Bonchev–Trinajstić information content (AvgIpc) is 1.59. The summed E-state index contributed by atoms with van der Waals surface area (Å²) in [6, 6.07) is 10.0. The maximum atomic E-state index is 13.6. The summed E-state index contributed by atoms with van der Waals surface area (Å²) >= 11 is 7.91. The van der Waals surface area contributed by atoms with Crippen LogP contribution in [0.4, 0.5) is 28.8 Å². The molecule has 0 fully saturated rings. The van der Waals surface area contributed by atoms with E-state index in [1.54, 1.807) is 71.2 Å². The second kappa shape index (κ2) is 45.8. The van der Waals surface area contributed by atoms with Crippen LogP contribution in [0.3, 0.4) is 0 Å². The molecule has 9 amide bonds. The summed E-state index contributed by atoms with van der Waals surface area (Å²) in [7, 11) is 7.94. The summed E-state index contributed by atoms with van der Waals surface area (Å²) < 4.78 is 59.7. The van der Waals surface area contributed by atoms with E-state index in [1.807, 2.05) is 35.8 Å². The summed E-state index contributed by atoms with van der Waals surface area (Å²) in [5.74, 6) is -2.34. The fourth-order valence-corrected chi connectivity index (χ4v) is 13.2. The molecule has 0 radical (unpaired) electrons. The number of pyridine rings is 1. The number of hydrogen-bond acceptors (Lipinski definition) is 27. The SMILES string of the molecule is Cc1sc2c(c1C)C(c1ccc(Cl)cc1)=N[C@@H](CC(=O)Nc1cncc(OCCOCCOCCOCCOCCOCCOCCOCCOCCNC(=O)CCNC(=O)c3nc(NC(=O)CCNC(=O)c4cc(NC(=O)c5nc(NC(=O)CCNC(=O)c6nc(NC(=O)c7nccn7C)cn6C)cn5C)cn4C)cn3C)c1)c1nnc(C)n1-2. The number of ether oxygens (including phenoxy) is 9. The number of nitrogens with one attached hydrogen (secondary N) is 9. The van der Waals surface area contributed by atoms with Crippen molar-refractivity contribution >= 4 is 111 Å². The molecule has 0 bridgehead atoms. The molecule has 1 aromatic carbocycles. The minimum Gasteiger partial charge on any atom is -0.489 e. The Bertz CT molecular complexity index is 5030. The second-order valence-corrected chi connectivity index (χ2v) is 28.6. The highest BCUT2D eigenvalue weighted by atomic mass is 35.5. The van der Waals surface area contributed by atoms with E-state index >= 15 is 0 Å². The van der Waals surface area contributed by atoms with Gasteiger partial charge in [-0.15, -0.1) is 21.5 Å². The van der Waals surface area contributed by atoms with E-state index in [1.165, 1.54) is 59.9 Å². The Morgan fingerprint density at radius 1 is 0.467 bits per heavy atom. The van der Waals surface area contributed by atoms with Crippen LogP contribution < -0.4 is 52.6 Å². The third kappa shape index (κ3) is 27.0. The van der Waals surface area contributed by atoms with E-state index in [2.05, 4.69) is 96.8 Å². The number of nitrogens with zero attached hydrogens (tertiary/aromatic N) is 14. The molecule has 120 heavy (non-hydrogen) atoms. The molecule has 41 nitrogen and oxygen atoms in total. The molecule has 0 saturated heterocycles. The molecule has 8 aromatic heterocycles. The molecule has 9 heterocycles. The number of benzene rings is 1. The van der Waals surface area contributed by atoms with Crippen LogP contribution in [0.5, 0.6) is 5.75 Å². The minimum absolute atomic E-state index is 0.00482. The maximum Gasteiger partial charge on any atom is 0.292 e. The van der Waals surface area contributed by atoms with Crippen molar-refractivity contribution in [2.45, 2.75) is 52.5 Å². The van der Waals surface area contributed by atoms with Gasteiger partial charge in [0.15, 0.2) is 29.1 Å². The Labute approximate surface area is 698 Å². The van der Waals surface area contributed by atoms with Gasteiger partial charge in [-0.2, -0.15) is 0 Å². The predicted octanol–water partition coefficient (Wildman–Crippen LogP) is 3.97. The van der Waals surface area contributed by atoms with Crippen molar-refractivity contribution in [2.75, 3.05) is 165 Å². The Morgan fingerprint density at radius 2 is 0.958 bits per heavy atom. The van der Waals surface area contributed by atoms with Gasteiger partial charge in [-0.05, 0) is 44.5 Å². The molecule has 0 aliphatic carbocycles. The van der Waals surface area contributed by atoms with Crippen LogP contribution in [0, 0.1) is 20.8 Å². The van der Waals surface area contributed by atoms with E-state index in [0.29, 0.717) is 127 Å². The molecule has 10 rings (SSSR count). The number of hydrogen-bond donors (Lipinski definition) is 9. The molecule has 0 unspecified atom stereocenters. The number of halogens is 1. The molecular weight excluding hydrogens is 1600 g/mol. The van der Waals surface area contributed by atoms with E-state index in [-0.39, 0.29) is 129 Å². The second-order valence-electron chi connectivity index (χ2n) is 27.0. The molecular formula is C77H98ClN23O18S. The first kappa shape index (κ1) is 90.3. The van der Waals surface area contributed by atoms with Crippen molar-refractivity contribution in [1.82, 2.24) is 83.8 Å². The van der Waals surface area contributed by atoms with Crippen molar-refractivity contribution in [1.29, 1.82) is 0 Å².